The summed E-state index contributed by atoms with van der Waals surface area (Å²) in [6.45, 7) is 0. The summed E-state index contributed by atoms with van der Waals surface area (Å²) in [5.41, 5.74) is 4.43. The fourth-order valence-electron chi connectivity index (χ4n) is 3.06. The first-order valence-corrected chi connectivity index (χ1v) is 8.34. The van der Waals surface area contributed by atoms with E-state index in [4.69, 9.17) is 4.74 Å². The van der Waals surface area contributed by atoms with Gasteiger partial charge in [0.1, 0.15) is 17.2 Å². The van der Waals surface area contributed by atoms with E-state index in [-0.39, 0.29) is 5.75 Å². The Morgan fingerprint density at radius 2 is 1.69 bits per heavy atom. The van der Waals surface area contributed by atoms with Crippen LogP contribution in [0.5, 0.6) is 11.5 Å². The molecule has 0 atom stereocenters. The lowest BCUT2D eigenvalue weighted by atomic mass is 10.1. The number of aromatic amines is 1. The number of aromatic hydroxyl groups is 1. The van der Waals surface area contributed by atoms with E-state index in [1.54, 1.807) is 31.5 Å². The summed E-state index contributed by atoms with van der Waals surface area (Å²) in [5, 5.41) is 11.0. The number of fused-ring (bicyclic) bond motifs is 1. The van der Waals surface area contributed by atoms with Gasteiger partial charge in [-0.1, -0.05) is 54.6 Å². The molecule has 1 heterocycles. The molecular formula is C22H18N2O2. The van der Waals surface area contributed by atoms with Crippen molar-refractivity contribution in [3.63, 3.8) is 0 Å². The lowest BCUT2D eigenvalue weighted by Gasteiger charge is -2.01. The standard InChI is InChI=1S/C22H18N2O2/c1-26-20-13-7-10-16-17(14-23-18-11-5-6-12-19(18)25)21(24-22(16)20)15-8-3-2-4-9-15/h2-14,24-25H,1H3. The molecule has 4 aromatic rings. The van der Waals surface area contributed by atoms with Gasteiger partial charge in [0, 0.05) is 17.2 Å². The Morgan fingerprint density at radius 3 is 2.46 bits per heavy atom. The van der Waals surface area contributed by atoms with Gasteiger partial charge in [-0.25, -0.2) is 0 Å². The Bertz CT molecular complexity index is 1080. The van der Waals surface area contributed by atoms with Crippen LogP contribution in [0.1, 0.15) is 5.56 Å². The molecule has 0 unspecified atom stereocenters. The highest BCUT2D eigenvalue weighted by atomic mass is 16.5. The molecule has 0 fully saturated rings. The molecule has 0 saturated carbocycles. The Morgan fingerprint density at radius 1 is 0.923 bits per heavy atom. The van der Waals surface area contributed by atoms with Gasteiger partial charge in [-0.3, -0.25) is 4.99 Å². The maximum absolute atomic E-state index is 9.98. The summed E-state index contributed by atoms with van der Waals surface area (Å²) in [6, 6.07) is 23.1. The normalized spacial score (nSPS) is 11.3. The van der Waals surface area contributed by atoms with Crippen LogP contribution in [0.3, 0.4) is 0 Å². The number of nitrogens with one attached hydrogen (secondary N) is 1. The number of ether oxygens (including phenoxy) is 1. The Balaban J connectivity index is 1.93. The van der Waals surface area contributed by atoms with Crippen molar-refractivity contribution in [1.29, 1.82) is 0 Å². The van der Waals surface area contributed by atoms with Gasteiger partial charge in [-0.15, -0.1) is 0 Å². The highest BCUT2D eigenvalue weighted by Crippen LogP contribution is 2.34. The van der Waals surface area contributed by atoms with Gasteiger partial charge in [0.25, 0.3) is 0 Å². The van der Waals surface area contributed by atoms with Crippen molar-refractivity contribution in [2.24, 2.45) is 4.99 Å². The molecule has 0 bridgehead atoms. The largest absolute Gasteiger partial charge is 0.506 e. The van der Waals surface area contributed by atoms with Crippen LogP contribution in [-0.4, -0.2) is 23.4 Å². The maximum atomic E-state index is 9.98. The number of nitrogens with zero attached hydrogens (tertiary/aromatic N) is 1. The van der Waals surface area contributed by atoms with Crippen LogP contribution < -0.4 is 4.74 Å². The third-order valence-corrected chi connectivity index (χ3v) is 4.33. The van der Waals surface area contributed by atoms with Gasteiger partial charge in [0.2, 0.25) is 0 Å². The van der Waals surface area contributed by atoms with E-state index in [9.17, 15) is 5.11 Å². The molecule has 0 radical (unpaired) electrons. The fourth-order valence-corrected chi connectivity index (χ4v) is 3.06. The average molecular weight is 342 g/mol. The third kappa shape index (κ3) is 2.82. The van der Waals surface area contributed by atoms with Crippen molar-refractivity contribution in [3.05, 3.63) is 78.4 Å². The molecule has 2 N–H and O–H groups in total. The van der Waals surface area contributed by atoms with Gasteiger partial charge < -0.3 is 14.8 Å². The number of phenolic OH excluding ortho intramolecular Hbond substituents is 1. The lowest BCUT2D eigenvalue weighted by Crippen LogP contribution is -1.85. The molecule has 128 valence electrons. The molecule has 0 saturated heterocycles. The summed E-state index contributed by atoms with van der Waals surface area (Å²) in [7, 11) is 1.66. The zero-order chi connectivity index (χ0) is 17.9. The number of hydrogen-bond acceptors (Lipinski definition) is 3. The summed E-state index contributed by atoms with van der Waals surface area (Å²) in [4.78, 5) is 7.98. The summed E-state index contributed by atoms with van der Waals surface area (Å²) < 4.78 is 5.50. The van der Waals surface area contributed by atoms with Gasteiger partial charge >= 0.3 is 0 Å². The Labute approximate surface area is 151 Å². The maximum Gasteiger partial charge on any atom is 0.142 e. The number of para-hydroxylation sites is 3. The first kappa shape index (κ1) is 16.0. The number of phenols is 1. The first-order valence-electron chi connectivity index (χ1n) is 8.34. The number of H-pyrrole nitrogens is 1. The molecular weight excluding hydrogens is 324 g/mol. The molecule has 0 aliphatic carbocycles. The van der Waals surface area contributed by atoms with Gasteiger partial charge in [0.15, 0.2) is 0 Å². The fraction of sp³-hybridized carbons (Fsp3) is 0.0455. The molecule has 1 aromatic heterocycles. The van der Waals surface area contributed by atoms with Gasteiger partial charge in [-0.05, 0) is 23.8 Å². The second-order valence-electron chi connectivity index (χ2n) is 5.91. The quantitative estimate of drug-likeness (QED) is 0.494. The van der Waals surface area contributed by atoms with E-state index in [1.807, 2.05) is 42.5 Å². The minimum Gasteiger partial charge on any atom is -0.506 e. The average Bonchev–Trinajstić information content (AvgIpc) is 3.07. The molecule has 4 heteroatoms. The van der Waals surface area contributed by atoms with E-state index < -0.39 is 0 Å². The predicted octanol–water partition coefficient (Wildman–Crippen LogP) is 5.30. The van der Waals surface area contributed by atoms with Crippen LogP contribution >= 0.6 is 0 Å². The predicted molar refractivity (Wildman–Crippen MR) is 106 cm³/mol. The second-order valence-corrected chi connectivity index (χ2v) is 5.91. The minimum absolute atomic E-state index is 0.155. The van der Waals surface area contributed by atoms with Crippen molar-refractivity contribution >= 4 is 22.8 Å². The Kier molecular flexibility index (Phi) is 4.15. The van der Waals surface area contributed by atoms with Crippen molar-refractivity contribution < 1.29 is 9.84 Å². The van der Waals surface area contributed by atoms with Crippen LogP contribution in [0.4, 0.5) is 5.69 Å². The van der Waals surface area contributed by atoms with Crippen molar-refractivity contribution in [2.45, 2.75) is 0 Å². The molecule has 0 aliphatic rings. The van der Waals surface area contributed by atoms with Crippen LogP contribution in [0, 0.1) is 0 Å². The number of methoxy groups -OCH3 is 1. The minimum atomic E-state index is 0.155. The topological polar surface area (TPSA) is 57.6 Å². The van der Waals surface area contributed by atoms with Crippen LogP contribution in [0.15, 0.2) is 77.8 Å². The number of benzene rings is 3. The zero-order valence-electron chi connectivity index (χ0n) is 14.3. The number of aliphatic imine (C=N–C) groups is 1. The number of rotatable bonds is 4. The molecule has 26 heavy (non-hydrogen) atoms. The molecule has 0 spiro atoms. The monoisotopic (exact) mass is 342 g/mol. The first-order chi connectivity index (χ1) is 12.8. The van der Waals surface area contributed by atoms with E-state index in [1.165, 1.54) is 0 Å². The van der Waals surface area contributed by atoms with Crippen LogP contribution in [0.25, 0.3) is 22.2 Å². The molecule has 0 amide bonds. The van der Waals surface area contributed by atoms with Gasteiger partial charge in [0.05, 0.1) is 18.3 Å². The smallest absolute Gasteiger partial charge is 0.142 e. The van der Waals surface area contributed by atoms with Crippen LogP contribution in [-0.2, 0) is 0 Å². The Hall–Kier alpha value is -3.53. The van der Waals surface area contributed by atoms with Crippen molar-refractivity contribution in [2.75, 3.05) is 7.11 Å². The molecule has 4 rings (SSSR count). The van der Waals surface area contributed by atoms with E-state index >= 15 is 0 Å². The molecule has 4 nitrogen and oxygen atoms in total. The zero-order valence-corrected chi connectivity index (χ0v) is 14.3. The van der Waals surface area contributed by atoms with E-state index in [0.717, 1.165) is 33.5 Å². The molecule has 3 aromatic carbocycles. The summed E-state index contributed by atoms with van der Waals surface area (Å²) in [6.07, 6.45) is 1.79. The highest BCUT2D eigenvalue weighted by molar-refractivity contribution is 6.08. The van der Waals surface area contributed by atoms with Gasteiger partial charge in [-0.2, -0.15) is 0 Å². The summed E-state index contributed by atoms with van der Waals surface area (Å²) >= 11 is 0. The third-order valence-electron chi connectivity index (χ3n) is 4.33. The molecule has 0 aliphatic heterocycles. The highest BCUT2D eigenvalue weighted by Gasteiger charge is 2.14. The second kappa shape index (κ2) is 6.76. The van der Waals surface area contributed by atoms with E-state index in [2.05, 4.69) is 22.1 Å². The van der Waals surface area contributed by atoms with Crippen LogP contribution in [0.2, 0.25) is 0 Å². The SMILES string of the molecule is COc1cccc2c(C=Nc3ccccc3O)c(-c3ccccc3)[nH]c12. The number of aromatic nitrogens is 1. The van der Waals surface area contributed by atoms with Crippen molar-refractivity contribution in [3.8, 4) is 22.8 Å². The van der Waals surface area contributed by atoms with Crippen molar-refractivity contribution in [1.82, 2.24) is 4.98 Å². The van der Waals surface area contributed by atoms with E-state index in [0.29, 0.717) is 5.69 Å². The number of hydrogen-bond donors (Lipinski definition) is 2. The summed E-state index contributed by atoms with van der Waals surface area (Å²) in [5.74, 6) is 0.935. The lowest BCUT2D eigenvalue weighted by molar-refractivity contribution is 0.419.